The number of hydrogen-bond donors (Lipinski definition) is 1. The molecule has 3 aromatic rings. The second-order valence-electron chi connectivity index (χ2n) is 8.02. The zero-order chi connectivity index (χ0) is 22.5. The second kappa shape index (κ2) is 10.5. The van der Waals surface area contributed by atoms with Crippen LogP contribution in [0.2, 0.25) is 0 Å². The summed E-state index contributed by atoms with van der Waals surface area (Å²) in [4.78, 5) is 21.8. The average Bonchev–Trinajstić information content (AvgIpc) is 3.28. The molecule has 2 fully saturated rings. The van der Waals surface area contributed by atoms with Gasteiger partial charge in [-0.2, -0.15) is 0 Å². The van der Waals surface area contributed by atoms with E-state index < -0.39 is 0 Å². The normalized spacial score (nSPS) is 16.8. The Hall–Kier alpha value is -2.72. The number of para-hydroxylation sites is 1. The first-order valence-electron chi connectivity index (χ1n) is 11.3. The molecule has 2 aliphatic heterocycles. The smallest absolute Gasteiger partial charge is 0.250 e. The molecule has 8 nitrogen and oxygen atoms in total. The fraction of sp³-hybridized carbons (Fsp3) is 0.417. The number of benzene rings is 2. The van der Waals surface area contributed by atoms with Gasteiger partial charge in [-0.3, -0.25) is 4.79 Å². The largest absolute Gasteiger partial charge is 0.378 e. The molecule has 0 atom stereocenters. The third-order valence-corrected chi connectivity index (χ3v) is 6.79. The summed E-state index contributed by atoms with van der Waals surface area (Å²) in [6, 6.07) is 14.2. The van der Waals surface area contributed by atoms with Gasteiger partial charge in [-0.05, 0) is 30.3 Å². The summed E-state index contributed by atoms with van der Waals surface area (Å²) in [5.41, 5.74) is 3.91. The highest BCUT2D eigenvalue weighted by Crippen LogP contribution is 2.32. The molecule has 2 aliphatic rings. The molecule has 174 valence electrons. The van der Waals surface area contributed by atoms with Crippen molar-refractivity contribution in [3.63, 3.8) is 0 Å². The molecular formula is C24H28N4O4S. The Kier molecular flexibility index (Phi) is 7.01. The van der Waals surface area contributed by atoms with Crippen LogP contribution in [0.5, 0.6) is 0 Å². The first kappa shape index (κ1) is 22.1. The minimum atomic E-state index is -0.176. The first-order valence-corrected chi connectivity index (χ1v) is 12.1. The molecule has 0 saturated carbocycles. The van der Waals surface area contributed by atoms with Crippen LogP contribution in [0.4, 0.5) is 17.1 Å². The lowest BCUT2D eigenvalue weighted by Crippen LogP contribution is -2.38. The van der Waals surface area contributed by atoms with Gasteiger partial charge in [0.05, 0.1) is 54.6 Å². The van der Waals surface area contributed by atoms with Crippen molar-refractivity contribution in [2.75, 3.05) is 74.3 Å². The van der Waals surface area contributed by atoms with Crippen molar-refractivity contribution in [2.24, 2.45) is 0 Å². The van der Waals surface area contributed by atoms with Crippen molar-refractivity contribution in [1.82, 2.24) is 4.98 Å². The van der Waals surface area contributed by atoms with Crippen LogP contribution in [-0.4, -0.2) is 70.1 Å². The van der Waals surface area contributed by atoms with Gasteiger partial charge in [-0.15, -0.1) is 11.3 Å². The summed E-state index contributed by atoms with van der Waals surface area (Å²) in [5, 5.41) is 3.91. The maximum Gasteiger partial charge on any atom is 0.250 e. The van der Waals surface area contributed by atoms with Gasteiger partial charge in [0, 0.05) is 31.9 Å². The van der Waals surface area contributed by atoms with Crippen molar-refractivity contribution in [3.8, 4) is 0 Å². The molecule has 1 amide bonds. The van der Waals surface area contributed by atoms with Gasteiger partial charge >= 0.3 is 0 Å². The van der Waals surface area contributed by atoms with E-state index in [0.717, 1.165) is 71.7 Å². The number of rotatable bonds is 7. The van der Waals surface area contributed by atoms with Crippen molar-refractivity contribution in [1.29, 1.82) is 0 Å². The van der Waals surface area contributed by atoms with Gasteiger partial charge in [0.15, 0.2) is 0 Å². The van der Waals surface area contributed by atoms with Crippen molar-refractivity contribution in [2.45, 2.75) is 6.61 Å². The van der Waals surface area contributed by atoms with Crippen molar-refractivity contribution in [3.05, 3.63) is 47.5 Å². The van der Waals surface area contributed by atoms with E-state index in [0.29, 0.717) is 19.8 Å². The number of fused-ring (bicyclic) bond motifs is 1. The fourth-order valence-corrected chi connectivity index (χ4v) is 5.01. The Labute approximate surface area is 197 Å². The molecule has 1 aromatic heterocycles. The van der Waals surface area contributed by atoms with E-state index in [1.165, 1.54) is 0 Å². The predicted octanol–water partition coefficient (Wildman–Crippen LogP) is 3.12. The summed E-state index contributed by atoms with van der Waals surface area (Å²) in [6.45, 7) is 6.45. The number of anilines is 3. The van der Waals surface area contributed by atoms with Gasteiger partial charge in [0.25, 0.3) is 0 Å². The molecule has 0 spiro atoms. The van der Waals surface area contributed by atoms with E-state index in [1.807, 2.05) is 30.3 Å². The number of nitrogens with zero attached hydrogens (tertiary/aromatic N) is 3. The topological polar surface area (TPSA) is 76.2 Å². The lowest BCUT2D eigenvalue weighted by Gasteiger charge is -2.33. The van der Waals surface area contributed by atoms with Crippen LogP contribution < -0.4 is 15.1 Å². The van der Waals surface area contributed by atoms with E-state index >= 15 is 0 Å². The number of carbonyl (C=O) groups excluding carboxylic acids is 1. The lowest BCUT2D eigenvalue weighted by atomic mass is 10.1. The Bertz CT molecular complexity index is 1060. The number of carbonyl (C=O) groups is 1. The van der Waals surface area contributed by atoms with Gasteiger partial charge in [-0.1, -0.05) is 12.1 Å². The van der Waals surface area contributed by atoms with Gasteiger partial charge < -0.3 is 29.3 Å². The van der Waals surface area contributed by atoms with E-state index in [4.69, 9.17) is 14.2 Å². The average molecular weight is 469 g/mol. The quantitative estimate of drug-likeness (QED) is 0.571. The fourth-order valence-electron chi connectivity index (χ4n) is 4.11. The van der Waals surface area contributed by atoms with Crippen LogP contribution in [0.15, 0.2) is 42.5 Å². The number of ether oxygens (including phenoxy) is 3. The van der Waals surface area contributed by atoms with Gasteiger partial charge in [-0.25, -0.2) is 4.98 Å². The van der Waals surface area contributed by atoms with Crippen molar-refractivity contribution < 1.29 is 19.0 Å². The Balaban J connectivity index is 1.24. The highest BCUT2D eigenvalue weighted by Gasteiger charge is 2.19. The van der Waals surface area contributed by atoms with Gasteiger partial charge in [0.2, 0.25) is 5.91 Å². The molecule has 2 saturated heterocycles. The summed E-state index contributed by atoms with van der Waals surface area (Å²) in [6.07, 6.45) is 0. The maximum atomic E-state index is 12.7. The summed E-state index contributed by atoms with van der Waals surface area (Å²) in [7, 11) is 0. The van der Waals surface area contributed by atoms with Crippen LogP contribution >= 0.6 is 11.3 Å². The van der Waals surface area contributed by atoms with E-state index in [1.54, 1.807) is 11.3 Å². The lowest BCUT2D eigenvalue weighted by molar-refractivity contribution is -0.121. The number of nitrogens with one attached hydrogen (secondary N) is 1. The minimum Gasteiger partial charge on any atom is -0.378 e. The molecule has 1 N–H and O–H groups in total. The molecule has 0 unspecified atom stereocenters. The van der Waals surface area contributed by atoms with Crippen LogP contribution in [0.3, 0.4) is 0 Å². The molecule has 0 aliphatic carbocycles. The molecule has 0 radical (unpaired) electrons. The number of hydrogen-bond acceptors (Lipinski definition) is 8. The Morgan fingerprint density at radius 1 is 1.00 bits per heavy atom. The third kappa shape index (κ3) is 5.44. The summed E-state index contributed by atoms with van der Waals surface area (Å²) >= 11 is 1.59. The first-order chi connectivity index (χ1) is 16.3. The monoisotopic (exact) mass is 468 g/mol. The molecule has 5 rings (SSSR count). The molecule has 0 bridgehead atoms. The summed E-state index contributed by atoms with van der Waals surface area (Å²) in [5.74, 6) is -0.176. The zero-order valence-electron chi connectivity index (χ0n) is 18.5. The molecule has 3 heterocycles. The molecular weight excluding hydrogens is 440 g/mol. The zero-order valence-corrected chi connectivity index (χ0v) is 19.3. The van der Waals surface area contributed by atoms with Crippen LogP contribution in [0.25, 0.3) is 10.2 Å². The van der Waals surface area contributed by atoms with Crippen LogP contribution in [-0.2, 0) is 25.6 Å². The molecule has 2 aromatic carbocycles. The Morgan fingerprint density at radius 3 is 2.48 bits per heavy atom. The predicted molar refractivity (Wildman–Crippen MR) is 130 cm³/mol. The highest BCUT2D eigenvalue weighted by atomic mass is 32.1. The SMILES string of the molecule is O=C(COCc1nc2ccccc2s1)Nc1ccc(N2CCOCC2)cc1N1CCOCC1. The van der Waals surface area contributed by atoms with Crippen molar-refractivity contribution >= 4 is 44.5 Å². The maximum absolute atomic E-state index is 12.7. The molecule has 9 heteroatoms. The second-order valence-corrected chi connectivity index (χ2v) is 9.13. The van der Waals surface area contributed by atoms with Crippen LogP contribution in [0.1, 0.15) is 5.01 Å². The van der Waals surface area contributed by atoms with Crippen LogP contribution in [0, 0.1) is 0 Å². The third-order valence-electron chi connectivity index (χ3n) is 5.78. The van der Waals surface area contributed by atoms with E-state index in [2.05, 4.69) is 32.2 Å². The Morgan fingerprint density at radius 2 is 1.73 bits per heavy atom. The highest BCUT2D eigenvalue weighted by molar-refractivity contribution is 7.18. The summed E-state index contributed by atoms with van der Waals surface area (Å²) < 4.78 is 17.8. The minimum absolute atomic E-state index is 0.0241. The number of morpholine rings is 2. The standard InChI is InChI=1S/C24H28N4O4S/c29-23(16-32-17-24-26-20-3-1-2-4-22(20)33-24)25-19-6-5-18(27-7-11-30-12-8-27)15-21(19)28-9-13-31-14-10-28/h1-6,15H,7-14,16-17H2,(H,25,29). The molecule has 33 heavy (non-hydrogen) atoms. The van der Waals surface area contributed by atoms with E-state index in [9.17, 15) is 4.79 Å². The van der Waals surface area contributed by atoms with Gasteiger partial charge in [0.1, 0.15) is 11.6 Å². The number of amides is 1. The number of thiazole rings is 1. The van der Waals surface area contributed by atoms with E-state index in [-0.39, 0.29) is 12.5 Å². The number of aromatic nitrogens is 1.